The number of likely N-dealkylation sites (tertiary alicyclic amines) is 1. The Labute approximate surface area is 178 Å². The predicted octanol–water partition coefficient (Wildman–Crippen LogP) is 3.09. The van der Waals surface area contributed by atoms with Gasteiger partial charge in [-0.15, -0.1) is 0 Å². The molecule has 0 spiro atoms. The number of nitrogens with zero attached hydrogens (tertiary/aromatic N) is 1. The van der Waals surface area contributed by atoms with Crippen LogP contribution in [0, 0.1) is 5.92 Å². The van der Waals surface area contributed by atoms with E-state index < -0.39 is 11.8 Å². The molecule has 1 heterocycles. The van der Waals surface area contributed by atoms with Gasteiger partial charge in [0.2, 0.25) is 0 Å². The Kier molecular flexibility index (Phi) is 8.27. The normalized spacial score (nSPS) is 14.8. The number of carbonyl (C=O) groups excluding carboxylic acids is 2. The fourth-order valence-electron chi connectivity index (χ4n) is 3.65. The summed E-state index contributed by atoms with van der Waals surface area (Å²) in [6.07, 6.45) is 3.14. The first-order valence-electron chi connectivity index (χ1n) is 10.7. The van der Waals surface area contributed by atoms with Crippen LogP contribution < -0.4 is 15.4 Å². The second kappa shape index (κ2) is 11.4. The van der Waals surface area contributed by atoms with Crippen molar-refractivity contribution in [2.24, 2.45) is 5.92 Å². The molecule has 0 unspecified atom stereocenters. The average Bonchev–Trinajstić information content (AvgIpc) is 2.79. The van der Waals surface area contributed by atoms with Gasteiger partial charge in [-0.3, -0.25) is 9.59 Å². The first kappa shape index (κ1) is 21.8. The van der Waals surface area contributed by atoms with Gasteiger partial charge in [-0.05, 0) is 75.0 Å². The highest BCUT2D eigenvalue weighted by molar-refractivity contribution is 6.39. The van der Waals surface area contributed by atoms with Crippen molar-refractivity contribution in [3.05, 3.63) is 60.2 Å². The highest BCUT2D eigenvalue weighted by Crippen LogP contribution is 2.17. The van der Waals surface area contributed by atoms with Crippen LogP contribution >= 0.6 is 0 Å². The van der Waals surface area contributed by atoms with Gasteiger partial charge in [-0.2, -0.15) is 0 Å². The summed E-state index contributed by atoms with van der Waals surface area (Å²) in [4.78, 5) is 26.7. The van der Waals surface area contributed by atoms with Crippen molar-refractivity contribution in [1.82, 2.24) is 10.2 Å². The van der Waals surface area contributed by atoms with E-state index in [1.165, 1.54) is 5.56 Å². The molecule has 2 N–H and O–H groups in total. The molecule has 1 fully saturated rings. The van der Waals surface area contributed by atoms with Crippen LogP contribution in [0.3, 0.4) is 0 Å². The second-order valence-corrected chi connectivity index (χ2v) is 7.64. The topological polar surface area (TPSA) is 70.7 Å². The third-order valence-corrected chi connectivity index (χ3v) is 5.45. The van der Waals surface area contributed by atoms with Gasteiger partial charge in [0, 0.05) is 18.8 Å². The SMILES string of the molecule is CCOc1ccc(NC(=O)C(=O)NCC2CCN(CCc3ccccc3)CC2)cc1. The van der Waals surface area contributed by atoms with Gasteiger partial charge in [-0.1, -0.05) is 30.3 Å². The largest absolute Gasteiger partial charge is 0.494 e. The molecule has 2 aromatic carbocycles. The van der Waals surface area contributed by atoms with E-state index in [9.17, 15) is 9.59 Å². The zero-order valence-corrected chi connectivity index (χ0v) is 17.6. The summed E-state index contributed by atoms with van der Waals surface area (Å²) in [6, 6.07) is 17.5. The molecule has 0 aromatic heterocycles. The van der Waals surface area contributed by atoms with Crippen LogP contribution in [0.4, 0.5) is 5.69 Å². The molecule has 0 atom stereocenters. The van der Waals surface area contributed by atoms with Gasteiger partial charge < -0.3 is 20.3 Å². The van der Waals surface area contributed by atoms with Crippen molar-refractivity contribution in [1.29, 1.82) is 0 Å². The minimum Gasteiger partial charge on any atom is -0.494 e. The van der Waals surface area contributed by atoms with E-state index >= 15 is 0 Å². The summed E-state index contributed by atoms with van der Waals surface area (Å²) in [7, 11) is 0. The summed E-state index contributed by atoms with van der Waals surface area (Å²) in [5, 5.41) is 5.41. The molecule has 0 radical (unpaired) electrons. The number of benzene rings is 2. The maximum absolute atomic E-state index is 12.1. The first-order valence-corrected chi connectivity index (χ1v) is 10.7. The molecular formula is C24H31N3O3. The number of hydrogen-bond donors (Lipinski definition) is 2. The molecule has 3 rings (SSSR count). The lowest BCUT2D eigenvalue weighted by Gasteiger charge is -2.32. The minimum absolute atomic E-state index is 0.417. The molecule has 1 aliphatic rings. The Balaban J connectivity index is 1.33. The van der Waals surface area contributed by atoms with Crippen LogP contribution in [0.1, 0.15) is 25.3 Å². The smallest absolute Gasteiger partial charge is 0.313 e. The fourth-order valence-corrected chi connectivity index (χ4v) is 3.65. The molecule has 0 aliphatic carbocycles. The quantitative estimate of drug-likeness (QED) is 0.658. The van der Waals surface area contributed by atoms with E-state index in [0.29, 0.717) is 24.8 Å². The Bertz CT molecular complexity index is 800. The lowest BCUT2D eigenvalue weighted by atomic mass is 9.96. The van der Waals surface area contributed by atoms with E-state index in [-0.39, 0.29) is 0 Å². The van der Waals surface area contributed by atoms with E-state index in [0.717, 1.165) is 44.6 Å². The highest BCUT2D eigenvalue weighted by Gasteiger charge is 2.21. The van der Waals surface area contributed by atoms with Crippen molar-refractivity contribution in [3.8, 4) is 5.75 Å². The molecule has 2 aromatic rings. The maximum Gasteiger partial charge on any atom is 0.313 e. The number of ether oxygens (including phenoxy) is 1. The number of piperidine rings is 1. The summed E-state index contributed by atoms with van der Waals surface area (Å²) < 4.78 is 5.37. The summed E-state index contributed by atoms with van der Waals surface area (Å²) in [5.74, 6) is -0.0786. The van der Waals surface area contributed by atoms with Crippen LogP contribution in [0.5, 0.6) is 5.75 Å². The molecule has 0 bridgehead atoms. The van der Waals surface area contributed by atoms with Crippen LogP contribution in [-0.4, -0.2) is 49.5 Å². The third kappa shape index (κ3) is 6.88. The van der Waals surface area contributed by atoms with Crippen LogP contribution in [-0.2, 0) is 16.0 Å². The average molecular weight is 410 g/mol. The second-order valence-electron chi connectivity index (χ2n) is 7.64. The lowest BCUT2D eigenvalue weighted by molar-refractivity contribution is -0.136. The number of amides is 2. The van der Waals surface area contributed by atoms with Crippen LogP contribution in [0.2, 0.25) is 0 Å². The van der Waals surface area contributed by atoms with Crippen LogP contribution in [0.15, 0.2) is 54.6 Å². The Morgan fingerprint density at radius 2 is 1.70 bits per heavy atom. The van der Waals surface area contributed by atoms with E-state index in [4.69, 9.17) is 4.74 Å². The number of rotatable bonds is 8. The lowest BCUT2D eigenvalue weighted by Crippen LogP contribution is -2.42. The zero-order valence-electron chi connectivity index (χ0n) is 17.6. The summed E-state index contributed by atoms with van der Waals surface area (Å²) in [6.45, 7) is 6.17. The number of carbonyl (C=O) groups is 2. The Morgan fingerprint density at radius 1 is 1.00 bits per heavy atom. The highest BCUT2D eigenvalue weighted by atomic mass is 16.5. The molecule has 30 heavy (non-hydrogen) atoms. The molecule has 160 valence electrons. The number of nitrogens with one attached hydrogen (secondary N) is 2. The van der Waals surface area contributed by atoms with Gasteiger partial charge in [0.1, 0.15) is 5.75 Å². The third-order valence-electron chi connectivity index (χ3n) is 5.45. The summed E-state index contributed by atoms with van der Waals surface area (Å²) in [5.41, 5.74) is 1.94. The molecular weight excluding hydrogens is 378 g/mol. The molecule has 6 nitrogen and oxygen atoms in total. The standard InChI is InChI=1S/C24H31N3O3/c1-2-30-22-10-8-21(9-11-22)26-24(29)23(28)25-18-20-13-16-27(17-14-20)15-12-19-6-4-3-5-7-19/h3-11,20H,2,12-18H2,1H3,(H,25,28)(H,26,29). The van der Waals surface area contributed by atoms with Crippen molar-refractivity contribution in [2.75, 3.05) is 38.1 Å². The fraction of sp³-hybridized carbons (Fsp3) is 0.417. The van der Waals surface area contributed by atoms with Crippen molar-refractivity contribution in [3.63, 3.8) is 0 Å². The van der Waals surface area contributed by atoms with E-state index in [1.807, 2.05) is 13.0 Å². The van der Waals surface area contributed by atoms with Gasteiger partial charge in [0.05, 0.1) is 6.61 Å². The molecule has 6 heteroatoms. The molecule has 1 saturated heterocycles. The van der Waals surface area contributed by atoms with Gasteiger partial charge in [-0.25, -0.2) is 0 Å². The Morgan fingerprint density at radius 3 is 2.37 bits per heavy atom. The molecule has 0 saturated carbocycles. The van der Waals surface area contributed by atoms with E-state index in [1.54, 1.807) is 24.3 Å². The number of hydrogen-bond acceptors (Lipinski definition) is 4. The van der Waals surface area contributed by atoms with Crippen molar-refractivity contribution in [2.45, 2.75) is 26.2 Å². The van der Waals surface area contributed by atoms with Gasteiger partial charge >= 0.3 is 11.8 Å². The van der Waals surface area contributed by atoms with Crippen molar-refractivity contribution >= 4 is 17.5 Å². The first-order chi connectivity index (χ1) is 14.6. The summed E-state index contributed by atoms with van der Waals surface area (Å²) >= 11 is 0. The van der Waals surface area contributed by atoms with Gasteiger partial charge in [0.15, 0.2) is 0 Å². The maximum atomic E-state index is 12.1. The zero-order chi connectivity index (χ0) is 21.2. The van der Waals surface area contributed by atoms with Crippen LogP contribution in [0.25, 0.3) is 0 Å². The monoisotopic (exact) mass is 409 g/mol. The molecule has 2 amide bonds. The van der Waals surface area contributed by atoms with Gasteiger partial charge in [0.25, 0.3) is 0 Å². The Hall–Kier alpha value is -2.86. The molecule has 1 aliphatic heterocycles. The predicted molar refractivity (Wildman–Crippen MR) is 119 cm³/mol. The van der Waals surface area contributed by atoms with E-state index in [2.05, 4.69) is 39.8 Å². The number of anilines is 1. The van der Waals surface area contributed by atoms with Crippen molar-refractivity contribution < 1.29 is 14.3 Å². The minimum atomic E-state index is -0.639.